The minimum atomic E-state index is -0.0628. The van der Waals surface area contributed by atoms with E-state index in [1.807, 2.05) is 31.2 Å². The van der Waals surface area contributed by atoms with Gasteiger partial charge in [-0.1, -0.05) is 60.6 Å². The smallest absolute Gasteiger partial charge is 0.230 e. The number of methoxy groups -OCH3 is 1. The molecule has 0 aliphatic rings. The van der Waals surface area contributed by atoms with Gasteiger partial charge in [0.15, 0.2) is 5.82 Å². The number of hydrogen-bond acceptors (Lipinski definition) is 6. The SMILES string of the molecule is CC[C@H](NC(=O)CSc1nnc(Cc2ccc(OC)cc2)n1N)c1ccc(C)cc1. The van der Waals surface area contributed by atoms with Crippen molar-refractivity contribution >= 4 is 17.7 Å². The number of amides is 1. The third-order valence-corrected chi connectivity index (χ3v) is 5.76. The lowest BCUT2D eigenvalue weighted by Crippen LogP contribution is -2.29. The molecular formula is C22H27N5O2S. The number of aromatic nitrogens is 3. The monoisotopic (exact) mass is 425 g/mol. The molecule has 0 fully saturated rings. The molecule has 7 nitrogen and oxygen atoms in total. The van der Waals surface area contributed by atoms with E-state index in [0.29, 0.717) is 17.4 Å². The maximum atomic E-state index is 12.5. The van der Waals surface area contributed by atoms with E-state index in [4.69, 9.17) is 10.6 Å². The van der Waals surface area contributed by atoms with Crippen LogP contribution in [0.4, 0.5) is 0 Å². The van der Waals surface area contributed by atoms with Gasteiger partial charge in [-0.15, -0.1) is 10.2 Å². The number of rotatable bonds is 9. The zero-order valence-electron chi connectivity index (χ0n) is 17.5. The summed E-state index contributed by atoms with van der Waals surface area (Å²) in [6.07, 6.45) is 1.37. The first-order chi connectivity index (χ1) is 14.5. The zero-order valence-corrected chi connectivity index (χ0v) is 18.3. The lowest BCUT2D eigenvalue weighted by atomic mass is 10.0. The molecular weight excluding hydrogens is 398 g/mol. The van der Waals surface area contributed by atoms with Crippen molar-refractivity contribution in [2.75, 3.05) is 18.7 Å². The average molecular weight is 426 g/mol. The van der Waals surface area contributed by atoms with E-state index < -0.39 is 0 Å². The number of ether oxygens (including phenoxy) is 1. The van der Waals surface area contributed by atoms with Gasteiger partial charge in [-0.3, -0.25) is 4.79 Å². The molecule has 1 aromatic heterocycles. The molecule has 2 aromatic carbocycles. The molecule has 0 aliphatic carbocycles. The Morgan fingerprint density at radius 1 is 1.17 bits per heavy atom. The van der Waals surface area contributed by atoms with E-state index >= 15 is 0 Å². The summed E-state index contributed by atoms with van der Waals surface area (Å²) in [5.41, 5.74) is 3.35. The number of nitrogens with two attached hydrogens (primary N) is 1. The third kappa shape index (κ3) is 5.54. The number of benzene rings is 2. The second-order valence-corrected chi connectivity index (χ2v) is 7.96. The van der Waals surface area contributed by atoms with Crippen LogP contribution in [-0.2, 0) is 11.2 Å². The lowest BCUT2D eigenvalue weighted by molar-refractivity contribution is -0.119. The van der Waals surface area contributed by atoms with Crippen molar-refractivity contribution < 1.29 is 9.53 Å². The van der Waals surface area contributed by atoms with E-state index in [-0.39, 0.29) is 17.7 Å². The molecule has 3 aromatic rings. The van der Waals surface area contributed by atoms with Crippen molar-refractivity contribution in [2.45, 2.75) is 37.9 Å². The maximum Gasteiger partial charge on any atom is 0.230 e. The Kier molecular flexibility index (Phi) is 7.35. The normalized spacial score (nSPS) is 11.8. The predicted octanol–water partition coefficient (Wildman–Crippen LogP) is 3.26. The van der Waals surface area contributed by atoms with Crippen molar-refractivity contribution in [3.05, 3.63) is 71.0 Å². The lowest BCUT2D eigenvalue weighted by Gasteiger charge is -2.17. The summed E-state index contributed by atoms with van der Waals surface area (Å²) in [4.78, 5) is 12.5. The predicted molar refractivity (Wildman–Crippen MR) is 119 cm³/mol. The van der Waals surface area contributed by atoms with Gasteiger partial charge in [-0.05, 0) is 36.6 Å². The van der Waals surface area contributed by atoms with E-state index in [1.165, 1.54) is 22.0 Å². The molecule has 1 atom stereocenters. The minimum absolute atomic E-state index is 0.0138. The molecule has 0 spiro atoms. The van der Waals surface area contributed by atoms with Crippen molar-refractivity contribution in [1.82, 2.24) is 20.2 Å². The van der Waals surface area contributed by atoms with E-state index in [0.717, 1.165) is 23.3 Å². The van der Waals surface area contributed by atoms with Gasteiger partial charge >= 0.3 is 0 Å². The minimum Gasteiger partial charge on any atom is -0.497 e. The van der Waals surface area contributed by atoms with Crippen molar-refractivity contribution in [3.63, 3.8) is 0 Å². The van der Waals surface area contributed by atoms with Crippen LogP contribution in [0.5, 0.6) is 5.75 Å². The van der Waals surface area contributed by atoms with Gasteiger partial charge in [0.2, 0.25) is 11.1 Å². The van der Waals surface area contributed by atoms with Crippen molar-refractivity contribution in [2.24, 2.45) is 0 Å². The Morgan fingerprint density at radius 3 is 2.50 bits per heavy atom. The van der Waals surface area contributed by atoms with Crippen LogP contribution >= 0.6 is 11.8 Å². The second kappa shape index (κ2) is 10.2. The van der Waals surface area contributed by atoms with Gasteiger partial charge in [-0.2, -0.15) is 0 Å². The first-order valence-electron chi connectivity index (χ1n) is 9.81. The second-order valence-electron chi connectivity index (χ2n) is 7.02. The summed E-state index contributed by atoms with van der Waals surface area (Å²) in [5, 5.41) is 11.9. The summed E-state index contributed by atoms with van der Waals surface area (Å²) < 4.78 is 6.62. The highest BCUT2D eigenvalue weighted by Crippen LogP contribution is 2.20. The fourth-order valence-corrected chi connectivity index (χ4v) is 3.72. The van der Waals surface area contributed by atoms with Crippen LogP contribution in [0.3, 0.4) is 0 Å². The Balaban J connectivity index is 1.56. The molecule has 0 bridgehead atoms. The van der Waals surface area contributed by atoms with E-state index in [1.54, 1.807) is 7.11 Å². The fraction of sp³-hybridized carbons (Fsp3) is 0.318. The molecule has 1 amide bonds. The number of aryl methyl sites for hydroxylation is 1. The first kappa shape index (κ1) is 21.7. The molecule has 3 rings (SSSR count). The van der Waals surface area contributed by atoms with Gasteiger partial charge in [0.05, 0.1) is 18.9 Å². The van der Waals surface area contributed by atoms with Gasteiger partial charge in [0.1, 0.15) is 5.75 Å². The van der Waals surface area contributed by atoms with Crippen LogP contribution in [-0.4, -0.2) is 33.6 Å². The maximum absolute atomic E-state index is 12.5. The summed E-state index contributed by atoms with van der Waals surface area (Å²) in [5.74, 6) is 7.73. The zero-order chi connectivity index (χ0) is 21.5. The number of nitrogens with zero attached hydrogens (tertiary/aromatic N) is 3. The molecule has 0 saturated heterocycles. The molecule has 3 N–H and O–H groups in total. The highest BCUT2D eigenvalue weighted by molar-refractivity contribution is 7.99. The van der Waals surface area contributed by atoms with Crippen LogP contribution in [0, 0.1) is 6.92 Å². The molecule has 1 heterocycles. The van der Waals surface area contributed by atoms with Crippen LogP contribution in [0.25, 0.3) is 0 Å². The number of hydrogen-bond donors (Lipinski definition) is 2. The molecule has 0 radical (unpaired) electrons. The third-order valence-electron chi connectivity index (χ3n) is 4.81. The Morgan fingerprint density at radius 2 is 1.87 bits per heavy atom. The number of carbonyl (C=O) groups excluding carboxylic acids is 1. The molecule has 0 aliphatic heterocycles. The van der Waals surface area contributed by atoms with Crippen LogP contribution in [0.15, 0.2) is 53.7 Å². The van der Waals surface area contributed by atoms with Crippen LogP contribution in [0.2, 0.25) is 0 Å². The summed E-state index contributed by atoms with van der Waals surface area (Å²) >= 11 is 1.28. The molecule has 30 heavy (non-hydrogen) atoms. The Hall–Kier alpha value is -3.00. The number of nitrogens with one attached hydrogen (secondary N) is 1. The fourth-order valence-electron chi connectivity index (χ4n) is 3.04. The van der Waals surface area contributed by atoms with Gasteiger partial charge in [0.25, 0.3) is 0 Å². The molecule has 158 valence electrons. The van der Waals surface area contributed by atoms with Crippen molar-refractivity contribution in [1.29, 1.82) is 0 Å². The van der Waals surface area contributed by atoms with Crippen LogP contribution < -0.4 is 15.9 Å². The Labute approximate surface area is 181 Å². The average Bonchev–Trinajstić information content (AvgIpc) is 3.11. The van der Waals surface area contributed by atoms with E-state index in [9.17, 15) is 4.79 Å². The Bertz CT molecular complexity index is 970. The molecule has 8 heteroatoms. The van der Waals surface area contributed by atoms with Crippen LogP contribution in [0.1, 0.15) is 41.9 Å². The topological polar surface area (TPSA) is 95.1 Å². The number of nitrogen functional groups attached to an aromatic ring is 1. The summed E-state index contributed by atoms with van der Waals surface area (Å²) in [7, 11) is 1.63. The van der Waals surface area contributed by atoms with Gasteiger partial charge in [0, 0.05) is 6.42 Å². The summed E-state index contributed by atoms with van der Waals surface area (Å²) in [6, 6.07) is 15.9. The van der Waals surface area contributed by atoms with Gasteiger partial charge < -0.3 is 15.9 Å². The molecule has 0 saturated carbocycles. The van der Waals surface area contributed by atoms with Gasteiger partial charge in [-0.25, -0.2) is 4.68 Å². The van der Waals surface area contributed by atoms with E-state index in [2.05, 4.69) is 46.7 Å². The number of carbonyl (C=O) groups is 1. The number of thioether (sulfide) groups is 1. The summed E-state index contributed by atoms with van der Waals surface area (Å²) in [6.45, 7) is 4.10. The highest BCUT2D eigenvalue weighted by atomic mass is 32.2. The quantitative estimate of drug-likeness (QED) is 0.404. The highest BCUT2D eigenvalue weighted by Gasteiger charge is 2.16. The van der Waals surface area contributed by atoms with Crippen molar-refractivity contribution in [3.8, 4) is 5.75 Å². The first-order valence-corrected chi connectivity index (χ1v) is 10.8. The standard InChI is InChI=1S/C22H27N5O2S/c1-4-19(17-9-5-15(2)6-10-17)24-21(28)14-30-22-26-25-20(27(22)23)13-16-7-11-18(29-3)12-8-16/h5-12,19H,4,13-14,23H2,1-3H3,(H,24,28)/t19-/m0/s1. The largest absolute Gasteiger partial charge is 0.497 e. The molecule has 0 unspecified atom stereocenters.